The molecule has 0 saturated heterocycles. The lowest BCUT2D eigenvalue weighted by Gasteiger charge is -2.25. The third-order valence-electron chi connectivity index (χ3n) is 3.90. The van der Waals surface area contributed by atoms with Crippen molar-refractivity contribution in [3.63, 3.8) is 0 Å². The van der Waals surface area contributed by atoms with Crippen LogP contribution in [0.1, 0.15) is 40.5 Å². The van der Waals surface area contributed by atoms with Gasteiger partial charge in [-0.05, 0) is 11.8 Å². The molecule has 0 aromatic carbocycles. The molecule has 0 aliphatic rings. The smallest absolute Gasteiger partial charge is 0.324 e. The number of ether oxygens (including phenoxy) is 2. The fourth-order valence-electron chi connectivity index (χ4n) is 1.89. The van der Waals surface area contributed by atoms with Gasteiger partial charge >= 0.3 is 11.9 Å². The standard InChI is InChI=1S/C14H28N2O6S/c1-7-9(3)11(13(17)21-5)15-23(19,20)16-12(10(4)8-2)14(18)22-6/h9-12,15-16H,7-8H2,1-6H3/t9-,10-,11-,12-/m0/s1. The number of rotatable bonds is 10. The highest BCUT2D eigenvalue weighted by atomic mass is 32.2. The second-order valence-electron chi connectivity index (χ2n) is 5.51. The first-order chi connectivity index (χ1) is 10.6. The fraction of sp³-hybridized carbons (Fsp3) is 0.857. The van der Waals surface area contributed by atoms with Crippen molar-refractivity contribution in [2.24, 2.45) is 11.8 Å². The molecule has 0 unspecified atom stereocenters. The average molecular weight is 352 g/mol. The summed E-state index contributed by atoms with van der Waals surface area (Å²) >= 11 is 0. The van der Waals surface area contributed by atoms with Crippen molar-refractivity contribution in [3.8, 4) is 0 Å². The summed E-state index contributed by atoms with van der Waals surface area (Å²) in [6.07, 6.45) is 1.15. The largest absolute Gasteiger partial charge is 0.468 e. The Morgan fingerprint density at radius 3 is 1.39 bits per heavy atom. The molecule has 2 N–H and O–H groups in total. The molecule has 0 aromatic heterocycles. The molecule has 0 aliphatic heterocycles. The number of methoxy groups -OCH3 is 2. The molecule has 0 saturated carbocycles. The molecule has 0 aromatic rings. The van der Waals surface area contributed by atoms with Gasteiger partial charge in [-0.15, -0.1) is 0 Å². The van der Waals surface area contributed by atoms with Gasteiger partial charge in [-0.3, -0.25) is 9.59 Å². The van der Waals surface area contributed by atoms with Crippen molar-refractivity contribution in [2.75, 3.05) is 14.2 Å². The van der Waals surface area contributed by atoms with Gasteiger partial charge in [0.2, 0.25) is 0 Å². The molecule has 9 heteroatoms. The SMILES string of the molecule is CC[C@H](C)[C@H](NS(=O)(=O)N[C@H](C(=O)OC)[C@@H](C)CC)C(=O)OC. The van der Waals surface area contributed by atoms with E-state index in [0.29, 0.717) is 12.8 Å². The second-order valence-corrected chi connectivity index (χ2v) is 6.99. The van der Waals surface area contributed by atoms with Crippen LogP contribution in [0.5, 0.6) is 0 Å². The molecular formula is C14H28N2O6S. The first-order valence-corrected chi connectivity index (χ1v) is 9.06. The number of nitrogens with one attached hydrogen (secondary N) is 2. The van der Waals surface area contributed by atoms with Gasteiger partial charge < -0.3 is 9.47 Å². The van der Waals surface area contributed by atoms with E-state index < -0.39 is 34.2 Å². The highest BCUT2D eigenvalue weighted by Gasteiger charge is 2.34. The molecule has 23 heavy (non-hydrogen) atoms. The fourth-order valence-corrected chi connectivity index (χ4v) is 3.28. The minimum absolute atomic E-state index is 0.265. The first kappa shape index (κ1) is 21.8. The van der Waals surface area contributed by atoms with Crippen molar-refractivity contribution in [1.29, 1.82) is 0 Å². The molecule has 0 aliphatic carbocycles. The van der Waals surface area contributed by atoms with Crippen LogP contribution in [0.4, 0.5) is 0 Å². The van der Waals surface area contributed by atoms with E-state index in [4.69, 9.17) is 0 Å². The molecule has 4 atom stereocenters. The molecule has 0 radical (unpaired) electrons. The minimum atomic E-state index is -4.10. The van der Waals surface area contributed by atoms with Crippen LogP contribution < -0.4 is 9.44 Å². The van der Waals surface area contributed by atoms with E-state index in [-0.39, 0.29) is 11.8 Å². The normalized spacial score (nSPS) is 17.0. The van der Waals surface area contributed by atoms with Gasteiger partial charge in [-0.2, -0.15) is 17.9 Å². The minimum Gasteiger partial charge on any atom is -0.468 e. The molecular weight excluding hydrogens is 324 g/mol. The predicted octanol–water partition coefficient (Wildman–Crippen LogP) is 0.586. The highest BCUT2D eigenvalue weighted by molar-refractivity contribution is 7.87. The summed E-state index contributed by atoms with van der Waals surface area (Å²) in [6.45, 7) is 7.13. The summed E-state index contributed by atoms with van der Waals surface area (Å²) in [5, 5.41) is 0. The molecule has 0 amide bonds. The van der Waals surface area contributed by atoms with Crippen LogP contribution >= 0.6 is 0 Å². The lowest BCUT2D eigenvalue weighted by atomic mass is 10.0. The molecule has 0 heterocycles. The van der Waals surface area contributed by atoms with Crippen LogP contribution in [0.25, 0.3) is 0 Å². The van der Waals surface area contributed by atoms with Gasteiger partial charge in [-0.25, -0.2) is 0 Å². The van der Waals surface area contributed by atoms with Gasteiger partial charge in [-0.1, -0.05) is 40.5 Å². The van der Waals surface area contributed by atoms with Crippen LogP contribution in [-0.2, 0) is 29.3 Å². The van der Waals surface area contributed by atoms with Crippen molar-refractivity contribution in [1.82, 2.24) is 9.44 Å². The Labute approximate surface area is 138 Å². The third-order valence-corrected chi connectivity index (χ3v) is 5.03. The van der Waals surface area contributed by atoms with Crippen LogP contribution in [0, 0.1) is 11.8 Å². The molecule has 136 valence electrons. The van der Waals surface area contributed by atoms with Gasteiger partial charge in [0.15, 0.2) is 0 Å². The van der Waals surface area contributed by atoms with Crippen LogP contribution in [0.3, 0.4) is 0 Å². The summed E-state index contributed by atoms with van der Waals surface area (Å²) in [5.74, 6) is -1.89. The lowest BCUT2D eigenvalue weighted by Crippen LogP contribution is -2.55. The number of esters is 2. The Morgan fingerprint density at radius 1 is 0.870 bits per heavy atom. The van der Waals surface area contributed by atoms with Gasteiger partial charge in [0.25, 0.3) is 10.2 Å². The zero-order chi connectivity index (χ0) is 18.2. The number of hydrogen-bond donors (Lipinski definition) is 2. The third kappa shape index (κ3) is 6.84. The monoisotopic (exact) mass is 352 g/mol. The maximum atomic E-state index is 12.3. The van der Waals surface area contributed by atoms with E-state index in [1.165, 1.54) is 14.2 Å². The molecule has 0 spiro atoms. The van der Waals surface area contributed by atoms with Crippen LogP contribution in [0.15, 0.2) is 0 Å². The van der Waals surface area contributed by atoms with E-state index in [9.17, 15) is 18.0 Å². The Morgan fingerprint density at radius 2 is 1.17 bits per heavy atom. The summed E-state index contributed by atoms with van der Waals surface area (Å²) in [6, 6.07) is -2.06. The average Bonchev–Trinajstić information content (AvgIpc) is 2.54. The number of carbonyl (C=O) groups excluding carboxylic acids is 2. The zero-order valence-electron chi connectivity index (χ0n) is 14.6. The highest BCUT2D eigenvalue weighted by Crippen LogP contribution is 2.13. The maximum absolute atomic E-state index is 12.3. The first-order valence-electron chi connectivity index (χ1n) is 7.58. The van der Waals surface area contributed by atoms with Crippen LogP contribution in [-0.4, -0.2) is 46.7 Å². The Hall–Kier alpha value is -1.19. The van der Waals surface area contributed by atoms with Gasteiger partial charge in [0.1, 0.15) is 12.1 Å². The summed E-state index contributed by atoms with van der Waals surface area (Å²) in [4.78, 5) is 23.6. The summed E-state index contributed by atoms with van der Waals surface area (Å²) in [5.41, 5.74) is 0. The molecule has 8 nitrogen and oxygen atoms in total. The van der Waals surface area contributed by atoms with Crippen molar-refractivity contribution in [2.45, 2.75) is 52.6 Å². The van der Waals surface area contributed by atoms with Crippen molar-refractivity contribution >= 4 is 22.1 Å². The van der Waals surface area contributed by atoms with Crippen molar-refractivity contribution in [3.05, 3.63) is 0 Å². The van der Waals surface area contributed by atoms with E-state index in [0.717, 1.165) is 0 Å². The van der Waals surface area contributed by atoms with E-state index in [1.807, 2.05) is 13.8 Å². The van der Waals surface area contributed by atoms with E-state index in [2.05, 4.69) is 18.9 Å². The maximum Gasteiger partial charge on any atom is 0.324 e. The van der Waals surface area contributed by atoms with Crippen LogP contribution in [0.2, 0.25) is 0 Å². The Bertz CT molecular complexity index is 455. The molecule has 0 rings (SSSR count). The van der Waals surface area contributed by atoms with E-state index in [1.54, 1.807) is 13.8 Å². The number of hydrogen-bond acceptors (Lipinski definition) is 6. The van der Waals surface area contributed by atoms with Gasteiger partial charge in [0, 0.05) is 0 Å². The van der Waals surface area contributed by atoms with Gasteiger partial charge in [0.05, 0.1) is 14.2 Å². The quantitative estimate of drug-likeness (QED) is 0.557. The second kappa shape index (κ2) is 9.84. The Kier molecular flexibility index (Phi) is 9.33. The topological polar surface area (TPSA) is 111 Å². The predicted molar refractivity (Wildman–Crippen MR) is 85.7 cm³/mol. The molecule has 0 fully saturated rings. The molecule has 0 bridgehead atoms. The summed E-state index contributed by atoms with van der Waals surface area (Å²) < 4.78 is 38.4. The lowest BCUT2D eigenvalue weighted by molar-refractivity contribution is -0.144. The number of carbonyl (C=O) groups is 2. The summed E-state index contributed by atoms with van der Waals surface area (Å²) in [7, 11) is -1.72. The van der Waals surface area contributed by atoms with Crippen molar-refractivity contribution < 1.29 is 27.5 Å². The van der Waals surface area contributed by atoms with E-state index >= 15 is 0 Å². The zero-order valence-corrected chi connectivity index (χ0v) is 15.4. The Balaban J connectivity index is 5.28.